The normalized spacial score (nSPS) is 18.7. The molecule has 1 atom stereocenters. The van der Waals surface area contributed by atoms with Gasteiger partial charge in [-0.3, -0.25) is 9.78 Å². The number of hydrogen-bond donors (Lipinski definition) is 0. The molecule has 1 saturated heterocycles. The number of piperidine rings is 1. The van der Waals surface area contributed by atoms with E-state index in [1.807, 2.05) is 35.2 Å². The smallest absolute Gasteiger partial charge is 0.231 e. The average molecular weight is 399 g/mol. The largest absolute Gasteiger partial charge is 0.354 e. The van der Waals surface area contributed by atoms with Gasteiger partial charge in [-0.05, 0) is 61.6 Å². The summed E-state index contributed by atoms with van der Waals surface area (Å²) in [5, 5.41) is 8.85. The molecule has 0 spiro atoms. The lowest BCUT2D eigenvalue weighted by molar-refractivity contribution is -0.122. The molecule has 6 nitrogen and oxygen atoms in total. The molecule has 0 N–H and O–H groups in total. The number of para-hydroxylation sites is 1. The highest BCUT2D eigenvalue weighted by Gasteiger charge is 2.32. The molecule has 0 saturated carbocycles. The Balaban J connectivity index is 1.31. The number of fused-ring (bicyclic) bond motifs is 1. The molecular weight excluding hydrogens is 374 g/mol. The highest BCUT2D eigenvalue weighted by atomic mass is 16.2. The topological polar surface area (TPSA) is 62.2 Å². The van der Waals surface area contributed by atoms with E-state index in [2.05, 4.69) is 38.3 Å². The minimum absolute atomic E-state index is 0.00780. The lowest BCUT2D eigenvalue weighted by Gasteiger charge is -2.37. The van der Waals surface area contributed by atoms with E-state index in [-0.39, 0.29) is 11.8 Å². The van der Waals surface area contributed by atoms with Crippen LogP contribution in [0.25, 0.3) is 11.3 Å². The Morgan fingerprint density at radius 2 is 1.80 bits per heavy atom. The second kappa shape index (κ2) is 8.22. The van der Waals surface area contributed by atoms with Crippen molar-refractivity contribution < 1.29 is 4.79 Å². The van der Waals surface area contributed by atoms with Crippen molar-refractivity contribution in [3.8, 4) is 11.3 Å². The Morgan fingerprint density at radius 1 is 0.933 bits per heavy atom. The maximum atomic E-state index is 13.4. The van der Waals surface area contributed by atoms with Crippen molar-refractivity contribution in [3.05, 3.63) is 66.5 Å². The van der Waals surface area contributed by atoms with E-state index in [1.54, 1.807) is 12.4 Å². The van der Waals surface area contributed by atoms with Gasteiger partial charge in [0.1, 0.15) is 0 Å². The Hall–Kier alpha value is -3.28. The van der Waals surface area contributed by atoms with Crippen LogP contribution >= 0.6 is 0 Å². The fourth-order valence-corrected chi connectivity index (χ4v) is 4.54. The second-order valence-corrected chi connectivity index (χ2v) is 8.02. The molecule has 1 aromatic carbocycles. The maximum absolute atomic E-state index is 13.4. The van der Waals surface area contributed by atoms with Gasteiger partial charge in [-0.1, -0.05) is 18.2 Å². The van der Waals surface area contributed by atoms with E-state index in [9.17, 15) is 4.79 Å². The van der Waals surface area contributed by atoms with Crippen molar-refractivity contribution in [2.75, 3.05) is 29.4 Å². The number of hydrogen-bond acceptors (Lipinski definition) is 5. The van der Waals surface area contributed by atoms with Gasteiger partial charge in [-0.2, -0.15) is 0 Å². The van der Waals surface area contributed by atoms with Gasteiger partial charge in [0.25, 0.3) is 0 Å². The number of nitrogens with zero attached hydrogens (tertiary/aromatic N) is 5. The van der Waals surface area contributed by atoms with Crippen LogP contribution in [0.2, 0.25) is 0 Å². The lowest BCUT2D eigenvalue weighted by Crippen LogP contribution is -2.46. The van der Waals surface area contributed by atoms with Gasteiger partial charge in [0.05, 0.1) is 11.6 Å². The van der Waals surface area contributed by atoms with Crippen LogP contribution < -0.4 is 9.80 Å². The summed E-state index contributed by atoms with van der Waals surface area (Å²) in [4.78, 5) is 21.6. The number of carbonyl (C=O) groups is 1. The van der Waals surface area contributed by atoms with Crippen LogP contribution in [0.15, 0.2) is 60.9 Å². The molecule has 1 amide bonds. The predicted octanol–water partition coefficient (Wildman–Crippen LogP) is 3.73. The van der Waals surface area contributed by atoms with Crippen molar-refractivity contribution in [2.45, 2.75) is 25.7 Å². The van der Waals surface area contributed by atoms with Gasteiger partial charge < -0.3 is 9.80 Å². The summed E-state index contributed by atoms with van der Waals surface area (Å²) < 4.78 is 0. The first-order chi connectivity index (χ1) is 14.8. The summed E-state index contributed by atoms with van der Waals surface area (Å²) in [6.45, 7) is 2.41. The van der Waals surface area contributed by atoms with Gasteiger partial charge in [0.15, 0.2) is 5.82 Å². The Morgan fingerprint density at radius 3 is 2.63 bits per heavy atom. The first kappa shape index (κ1) is 18.7. The average Bonchev–Trinajstić information content (AvgIpc) is 2.84. The predicted molar refractivity (Wildman–Crippen MR) is 117 cm³/mol. The van der Waals surface area contributed by atoms with Crippen molar-refractivity contribution in [2.24, 2.45) is 5.92 Å². The quantitative estimate of drug-likeness (QED) is 0.671. The van der Waals surface area contributed by atoms with Gasteiger partial charge in [-0.15, -0.1) is 10.2 Å². The zero-order valence-corrected chi connectivity index (χ0v) is 16.9. The van der Waals surface area contributed by atoms with Crippen LogP contribution in [0.4, 0.5) is 11.5 Å². The third-order valence-electron chi connectivity index (χ3n) is 6.10. The van der Waals surface area contributed by atoms with Crippen LogP contribution in [-0.4, -0.2) is 40.7 Å². The fourth-order valence-electron chi connectivity index (χ4n) is 4.54. The molecule has 1 fully saturated rings. The summed E-state index contributed by atoms with van der Waals surface area (Å²) >= 11 is 0. The molecule has 1 unspecified atom stereocenters. The standard InChI is InChI=1S/C24H25N5O/c30-24(29-16-4-6-19-5-1-2-8-22(19)29)20-7-3-15-28(17-20)23-10-9-21(26-27-23)18-11-13-25-14-12-18/h1-2,5,8-14,20H,3-4,6-7,15-17H2. The minimum atomic E-state index is -0.00780. The zero-order chi connectivity index (χ0) is 20.3. The minimum Gasteiger partial charge on any atom is -0.354 e. The molecular formula is C24H25N5O. The Kier molecular flexibility index (Phi) is 5.13. The first-order valence-electron chi connectivity index (χ1n) is 10.7. The van der Waals surface area contributed by atoms with Crippen molar-refractivity contribution in [3.63, 3.8) is 0 Å². The maximum Gasteiger partial charge on any atom is 0.231 e. The molecule has 0 radical (unpaired) electrons. The molecule has 3 aromatic rings. The van der Waals surface area contributed by atoms with E-state index < -0.39 is 0 Å². The highest BCUT2D eigenvalue weighted by Crippen LogP contribution is 2.31. The molecule has 30 heavy (non-hydrogen) atoms. The zero-order valence-electron chi connectivity index (χ0n) is 16.9. The van der Waals surface area contributed by atoms with Crippen LogP contribution in [0.5, 0.6) is 0 Å². The number of pyridine rings is 1. The molecule has 152 valence electrons. The van der Waals surface area contributed by atoms with Crippen LogP contribution in [-0.2, 0) is 11.2 Å². The number of aryl methyl sites for hydroxylation is 1. The van der Waals surface area contributed by atoms with Crippen LogP contribution in [0.3, 0.4) is 0 Å². The molecule has 0 bridgehead atoms. The molecule has 5 rings (SSSR count). The van der Waals surface area contributed by atoms with Crippen molar-refractivity contribution >= 4 is 17.4 Å². The molecule has 2 aliphatic heterocycles. The number of carbonyl (C=O) groups excluding carboxylic acids is 1. The first-order valence-corrected chi connectivity index (χ1v) is 10.7. The number of amides is 1. The van der Waals surface area contributed by atoms with E-state index in [4.69, 9.17) is 0 Å². The number of benzene rings is 1. The lowest BCUT2D eigenvalue weighted by atomic mass is 9.94. The highest BCUT2D eigenvalue weighted by molar-refractivity contribution is 5.96. The van der Waals surface area contributed by atoms with E-state index in [0.29, 0.717) is 6.54 Å². The Bertz CT molecular complexity index is 1020. The van der Waals surface area contributed by atoms with Gasteiger partial charge in [0.2, 0.25) is 5.91 Å². The van der Waals surface area contributed by atoms with Gasteiger partial charge >= 0.3 is 0 Å². The van der Waals surface area contributed by atoms with E-state index >= 15 is 0 Å². The molecule has 4 heterocycles. The van der Waals surface area contributed by atoms with E-state index in [0.717, 1.165) is 61.5 Å². The number of aromatic nitrogens is 3. The summed E-state index contributed by atoms with van der Waals surface area (Å²) in [5.41, 5.74) is 4.20. The third-order valence-corrected chi connectivity index (χ3v) is 6.10. The number of rotatable bonds is 3. The summed E-state index contributed by atoms with van der Waals surface area (Å²) in [7, 11) is 0. The Labute approximate surface area is 176 Å². The van der Waals surface area contributed by atoms with Crippen molar-refractivity contribution in [1.82, 2.24) is 15.2 Å². The molecule has 2 aliphatic rings. The van der Waals surface area contributed by atoms with Crippen molar-refractivity contribution in [1.29, 1.82) is 0 Å². The van der Waals surface area contributed by atoms with Gasteiger partial charge in [-0.25, -0.2) is 0 Å². The van der Waals surface area contributed by atoms with E-state index in [1.165, 1.54) is 5.56 Å². The van der Waals surface area contributed by atoms with Crippen LogP contribution in [0, 0.1) is 5.92 Å². The number of anilines is 2. The monoisotopic (exact) mass is 399 g/mol. The van der Waals surface area contributed by atoms with Crippen LogP contribution in [0.1, 0.15) is 24.8 Å². The second-order valence-electron chi connectivity index (χ2n) is 8.02. The molecule has 2 aromatic heterocycles. The SMILES string of the molecule is O=C(C1CCCN(c2ccc(-c3ccncc3)nn2)C1)N1CCCc2ccccc21. The third kappa shape index (κ3) is 3.65. The van der Waals surface area contributed by atoms with Gasteiger partial charge in [0, 0.05) is 43.3 Å². The summed E-state index contributed by atoms with van der Waals surface area (Å²) in [6, 6.07) is 16.2. The molecule has 6 heteroatoms. The summed E-state index contributed by atoms with van der Waals surface area (Å²) in [5.74, 6) is 1.07. The summed E-state index contributed by atoms with van der Waals surface area (Å²) in [6.07, 6.45) is 7.50. The fraction of sp³-hybridized carbons (Fsp3) is 0.333. The molecule has 0 aliphatic carbocycles.